The van der Waals surface area contributed by atoms with Gasteiger partial charge in [0.2, 0.25) is 0 Å². The average Bonchev–Trinajstić information content (AvgIpc) is 2.65. The van der Waals surface area contributed by atoms with Gasteiger partial charge in [-0.2, -0.15) is 35.1 Å². The van der Waals surface area contributed by atoms with E-state index in [0.717, 1.165) is 0 Å². The van der Waals surface area contributed by atoms with Gasteiger partial charge in [0, 0.05) is 0 Å². The van der Waals surface area contributed by atoms with Gasteiger partial charge in [0.1, 0.15) is 9.36 Å². The minimum Gasteiger partial charge on any atom is -0.344 e. The molecule has 1 amide bonds. The van der Waals surface area contributed by atoms with E-state index in [1.807, 2.05) is 0 Å². The summed E-state index contributed by atoms with van der Waals surface area (Å²) in [7, 11) is 0. The fourth-order valence-corrected chi connectivity index (χ4v) is 1.99. The Bertz CT molecular complexity index is 545. The highest BCUT2D eigenvalue weighted by molar-refractivity contribution is 7.11. The predicted octanol–water partition coefficient (Wildman–Crippen LogP) is 4.01. The lowest BCUT2D eigenvalue weighted by molar-refractivity contribution is -0.352. The van der Waals surface area contributed by atoms with E-state index in [2.05, 4.69) is 4.37 Å². The first-order valence-corrected chi connectivity index (χ1v) is 6.25. The average molecular weight is 379 g/mol. The van der Waals surface area contributed by atoms with Crippen LogP contribution in [-0.2, 0) is 0 Å². The highest BCUT2D eigenvalue weighted by Crippen LogP contribution is 2.46. The fraction of sp³-hybridized carbons (Fsp3) is 0.500. The molecule has 1 aromatic heterocycles. The zero-order valence-electron chi connectivity index (χ0n) is 9.37. The smallest absolute Gasteiger partial charge is 0.344 e. The van der Waals surface area contributed by atoms with E-state index >= 15 is 0 Å². The lowest BCUT2D eigenvalue weighted by atomic mass is 10.1. The van der Waals surface area contributed by atoms with Crippen molar-refractivity contribution in [2.45, 2.75) is 18.0 Å². The Kier molecular flexibility index (Phi) is 5.01. The van der Waals surface area contributed by atoms with Crippen LogP contribution in [0.5, 0.6) is 0 Å². The number of amides is 1. The molecule has 0 unspecified atom stereocenters. The number of nitrogens with one attached hydrogen (secondary N) is 1. The van der Waals surface area contributed by atoms with Crippen molar-refractivity contribution in [2.75, 3.05) is 6.54 Å². The van der Waals surface area contributed by atoms with Gasteiger partial charge in [-0.05, 0) is 11.5 Å². The zero-order valence-corrected chi connectivity index (χ0v) is 11.7. The van der Waals surface area contributed by atoms with E-state index in [1.54, 1.807) is 0 Å². The minimum absolute atomic E-state index is 0.172. The van der Waals surface area contributed by atoms with Crippen LogP contribution in [0.15, 0.2) is 0 Å². The van der Waals surface area contributed by atoms with Crippen LogP contribution < -0.4 is 5.32 Å². The minimum atomic E-state index is -6.47. The Balaban J connectivity index is 2.83. The van der Waals surface area contributed by atoms with Crippen molar-refractivity contribution < 1.29 is 35.5 Å². The Morgan fingerprint density at radius 3 is 2.05 bits per heavy atom. The topological polar surface area (TPSA) is 42.0 Å². The van der Waals surface area contributed by atoms with Gasteiger partial charge < -0.3 is 5.32 Å². The molecule has 0 bridgehead atoms. The number of aromatic nitrogens is 1. The molecule has 0 aromatic carbocycles. The van der Waals surface area contributed by atoms with Crippen molar-refractivity contribution in [3.63, 3.8) is 0 Å². The van der Waals surface area contributed by atoms with Crippen LogP contribution in [0.25, 0.3) is 0 Å². The van der Waals surface area contributed by atoms with Gasteiger partial charge in [-0.25, -0.2) is 0 Å². The van der Waals surface area contributed by atoms with E-state index < -0.39 is 41.2 Å². The van der Waals surface area contributed by atoms with Crippen LogP contribution in [0.4, 0.5) is 30.7 Å². The van der Waals surface area contributed by atoms with Gasteiger partial charge in [-0.15, -0.1) is 0 Å². The van der Waals surface area contributed by atoms with Crippen LogP contribution >= 0.6 is 34.7 Å². The van der Waals surface area contributed by atoms with E-state index in [1.165, 1.54) is 5.32 Å². The number of carbonyl (C=O) groups is 1. The number of halogens is 9. The number of nitrogens with zero attached hydrogens (tertiary/aromatic N) is 1. The fourth-order valence-electron chi connectivity index (χ4n) is 0.993. The third-order valence-corrected chi connectivity index (χ3v) is 3.71. The Hall–Kier alpha value is -0.810. The molecule has 13 heteroatoms. The van der Waals surface area contributed by atoms with Crippen molar-refractivity contribution in [2.24, 2.45) is 0 Å². The molecule has 0 aliphatic carbocycles. The molecule has 3 nitrogen and oxygen atoms in total. The molecule has 1 aromatic rings. The van der Waals surface area contributed by atoms with Gasteiger partial charge in [0.05, 0.1) is 6.54 Å². The maximum Gasteiger partial charge on any atom is 0.459 e. The largest absolute Gasteiger partial charge is 0.459 e. The molecule has 0 spiro atoms. The van der Waals surface area contributed by atoms with Crippen LogP contribution in [0.1, 0.15) is 10.5 Å². The Labute approximate surface area is 126 Å². The molecule has 1 heterocycles. The summed E-state index contributed by atoms with van der Waals surface area (Å²) < 4.78 is 89.7. The molecule has 0 atom stereocenters. The van der Waals surface area contributed by atoms with Crippen molar-refractivity contribution >= 4 is 40.6 Å². The summed E-state index contributed by atoms with van der Waals surface area (Å²) in [6.45, 7) is -2.26. The number of hydrogen-bond donors (Lipinski definition) is 1. The summed E-state index contributed by atoms with van der Waals surface area (Å²) in [4.78, 5) is 11.3. The maximum absolute atomic E-state index is 12.9. The van der Waals surface area contributed by atoms with Gasteiger partial charge in [-0.3, -0.25) is 4.79 Å². The normalized spacial score (nSPS) is 13.4. The van der Waals surface area contributed by atoms with Crippen molar-refractivity contribution in [1.29, 1.82) is 0 Å². The predicted molar refractivity (Wildman–Crippen MR) is 60.4 cm³/mol. The van der Waals surface area contributed by atoms with Gasteiger partial charge >= 0.3 is 18.0 Å². The number of rotatable bonds is 4. The third kappa shape index (κ3) is 3.51. The van der Waals surface area contributed by atoms with Gasteiger partial charge in [-0.1, -0.05) is 23.2 Å². The lowest BCUT2D eigenvalue weighted by Crippen LogP contribution is -2.56. The van der Waals surface area contributed by atoms with E-state index in [-0.39, 0.29) is 4.34 Å². The quantitative estimate of drug-likeness (QED) is 0.804. The lowest BCUT2D eigenvalue weighted by Gasteiger charge is -2.28. The molecule has 1 rings (SSSR count). The molecule has 0 radical (unpaired) electrons. The van der Waals surface area contributed by atoms with Gasteiger partial charge in [0.25, 0.3) is 5.91 Å². The zero-order chi connectivity index (χ0) is 16.6. The number of hydrogen-bond acceptors (Lipinski definition) is 3. The molecule has 0 aliphatic rings. The Morgan fingerprint density at radius 2 is 1.67 bits per heavy atom. The molecule has 120 valence electrons. The first kappa shape index (κ1) is 18.2. The van der Waals surface area contributed by atoms with E-state index in [0.29, 0.717) is 11.5 Å². The molecular weight excluding hydrogens is 376 g/mol. The van der Waals surface area contributed by atoms with Crippen LogP contribution in [-0.4, -0.2) is 34.8 Å². The van der Waals surface area contributed by atoms with E-state index in [9.17, 15) is 35.5 Å². The summed E-state index contributed by atoms with van der Waals surface area (Å²) in [5, 5.41) is 0.778. The van der Waals surface area contributed by atoms with Crippen LogP contribution in [0, 0.1) is 0 Å². The summed E-state index contributed by atoms with van der Waals surface area (Å²) in [6.07, 6.45) is -6.47. The first-order valence-electron chi connectivity index (χ1n) is 4.72. The van der Waals surface area contributed by atoms with Crippen molar-refractivity contribution in [3.05, 3.63) is 15.1 Å². The first-order chi connectivity index (χ1) is 9.31. The van der Waals surface area contributed by atoms with Crippen LogP contribution in [0.3, 0.4) is 0 Å². The molecule has 0 saturated carbocycles. The molecule has 0 aliphatic heterocycles. The molecule has 0 saturated heterocycles. The summed E-state index contributed by atoms with van der Waals surface area (Å²) in [5.74, 6) is -13.3. The second-order valence-electron chi connectivity index (χ2n) is 3.58. The molecule has 1 N–H and O–H groups in total. The maximum atomic E-state index is 12.9. The summed E-state index contributed by atoms with van der Waals surface area (Å²) in [6, 6.07) is 0. The highest BCUT2D eigenvalue weighted by Gasteiger charge is 2.72. The van der Waals surface area contributed by atoms with Gasteiger partial charge in [0.15, 0.2) is 5.69 Å². The molecular formula is C8H3Cl2F7N2OS. The Morgan fingerprint density at radius 1 is 1.14 bits per heavy atom. The SMILES string of the molecule is O=C(NCC(F)(F)C(F)(F)C(F)(F)F)c1nsc(Cl)c1Cl. The van der Waals surface area contributed by atoms with Crippen LogP contribution in [0.2, 0.25) is 9.36 Å². The second-order valence-corrected chi connectivity index (χ2v) is 5.33. The highest BCUT2D eigenvalue weighted by atomic mass is 35.5. The van der Waals surface area contributed by atoms with Crippen molar-refractivity contribution in [1.82, 2.24) is 9.69 Å². The van der Waals surface area contributed by atoms with Crippen molar-refractivity contribution in [3.8, 4) is 0 Å². The monoisotopic (exact) mass is 378 g/mol. The molecule has 21 heavy (non-hydrogen) atoms. The summed E-state index contributed by atoms with van der Waals surface area (Å²) in [5.41, 5.74) is -0.655. The standard InChI is InChI=1S/C8H3Cl2F7N2OS/c9-2-3(19-21-4(2)10)5(20)18-1-6(11,12)7(13,14)8(15,16)17/h1H2,(H,18,20). The molecule has 0 fully saturated rings. The third-order valence-electron chi connectivity index (χ3n) is 2.10. The number of carbonyl (C=O) groups excluding carboxylic acids is 1. The number of alkyl halides is 7. The van der Waals surface area contributed by atoms with E-state index in [4.69, 9.17) is 23.2 Å². The second kappa shape index (κ2) is 5.76. The summed E-state index contributed by atoms with van der Waals surface area (Å²) >= 11 is 11.4.